The second-order valence-electron chi connectivity index (χ2n) is 3.70. The molecule has 1 atom stereocenters. The fourth-order valence-corrected chi connectivity index (χ4v) is 1.36. The predicted octanol–water partition coefficient (Wildman–Crippen LogP) is 1.86. The minimum atomic E-state index is -0.890. The third-order valence-corrected chi connectivity index (χ3v) is 2.42. The molecular weight excluding hydrogens is 228 g/mol. The Balaban J connectivity index is 2.59. The monoisotopic (exact) mass is 243 g/mol. The predicted molar refractivity (Wildman–Crippen MR) is 59.6 cm³/mol. The lowest BCUT2D eigenvalue weighted by atomic mass is 10.1. The summed E-state index contributed by atoms with van der Waals surface area (Å²) in [5.74, 6) is -2.58. The van der Waals surface area contributed by atoms with Crippen molar-refractivity contribution in [2.24, 2.45) is 0 Å². The van der Waals surface area contributed by atoms with E-state index in [0.717, 1.165) is 12.1 Å². The molecule has 2 N–H and O–H groups in total. The molecule has 0 aliphatic heterocycles. The summed E-state index contributed by atoms with van der Waals surface area (Å²) in [7, 11) is 0. The largest absolute Gasteiger partial charge is 0.393 e. The van der Waals surface area contributed by atoms with Crippen LogP contribution in [0.3, 0.4) is 0 Å². The third-order valence-electron chi connectivity index (χ3n) is 2.42. The zero-order valence-electron chi connectivity index (χ0n) is 9.54. The second kappa shape index (κ2) is 6.30. The van der Waals surface area contributed by atoms with Gasteiger partial charge in [-0.2, -0.15) is 0 Å². The van der Waals surface area contributed by atoms with Gasteiger partial charge in [0.1, 0.15) is 17.2 Å². The average molecular weight is 243 g/mol. The Morgan fingerprint density at radius 3 is 2.53 bits per heavy atom. The number of aliphatic hydroxyl groups is 1. The summed E-state index contributed by atoms with van der Waals surface area (Å²) in [5, 5.41) is 11.6. The van der Waals surface area contributed by atoms with Gasteiger partial charge in [0.15, 0.2) is 0 Å². The van der Waals surface area contributed by atoms with E-state index in [1.165, 1.54) is 6.07 Å². The van der Waals surface area contributed by atoms with E-state index in [1.54, 1.807) is 0 Å². The van der Waals surface area contributed by atoms with Crippen molar-refractivity contribution in [3.63, 3.8) is 0 Å². The Labute approximate surface area is 98.5 Å². The van der Waals surface area contributed by atoms with E-state index in [4.69, 9.17) is 0 Å². The van der Waals surface area contributed by atoms with Gasteiger partial charge in [-0.1, -0.05) is 13.0 Å². The summed E-state index contributed by atoms with van der Waals surface area (Å²) < 4.78 is 26.4. The smallest absolute Gasteiger partial charge is 0.257 e. The van der Waals surface area contributed by atoms with Gasteiger partial charge in [0.25, 0.3) is 5.91 Å². The molecule has 1 rings (SSSR count). The van der Waals surface area contributed by atoms with Crippen molar-refractivity contribution in [1.29, 1.82) is 0 Å². The fraction of sp³-hybridized carbons (Fsp3) is 0.417. The minimum Gasteiger partial charge on any atom is -0.393 e. The quantitative estimate of drug-likeness (QED) is 0.829. The molecule has 0 bridgehead atoms. The van der Waals surface area contributed by atoms with Crippen LogP contribution in [0, 0.1) is 11.6 Å². The van der Waals surface area contributed by atoms with Gasteiger partial charge in [-0.25, -0.2) is 8.78 Å². The number of amides is 1. The SMILES string of the molecule is CCC(O)CCNC(=O)c1c(F)cccc1F. The molecule has 0 radical (unpaired) electrons. The highest BCUT2D eigenvalue weighted by Gasteiger charge is 2.16. The second-order valence-corrected chi connectivity index (χ2v) is 3.70. The van der Waals surface area contributed by atoms with Gasteiger partial charge in [-0.05, 0) is 25.0 Å². The van der Waals surface area contributed by atoms with Crippen LogP contribution >= 0.6 is 0 Å². The third kappa shape index (κ3) is 3.78. The number of halogens is 2. The Kier molecular flexibility index (Phi) is 5.03. The molecule has 1 unspecified atom stereocenters. The summed E-state index contributed by atoms with van der Waals surface area (Å²) >= 11 is 0. The number of hydrogen-bond donors (Lipinski definition) is 2. The van der Waals surface area contributed by atoms with E-state index >= 15 is 0 Å². The molecule has 0 aliphatic rings. The summed E-state index contributed by atoms with van der Waals surface area (Å²) in [6, 6.07) is 3.25. The number of carbonyl (C=O) groups excluding carboxylic acids is 1. The number of benzene rings is 1. The molecule has 5 heteroatoms. The molecule has 94 valence electrons. The lowest BCUT2D eigenvalue weighted by molar-refractivity contribution is 0.0933. The van der Waals surface area contributed by atoms with E-state index in [1.807, 2.05) is 6.92 Å². The van der Waals surface area contributed by atoms with Gasteiger partial charge in [0.2, 0.25) is 0 Å². The van der Waals surface area contributed by atoms with E-state index in [9.17, 15) is 18.7 Å². The zero-order chi connectivity index (χ0) is 12.8. The first-order valence-electron chi connectivity index (χ1n) is 5.46. The van der Waals surface area contributed by atoms with Gasteiger partial charge in [-0.15, -0.1) is 0 Å². The molecule has 0 aliphatic carbocycles. The van der Waals surface area contributed by atoms with E-state index in [0.29, 0.717) is 12.8 Å². The Hall–Kier alpha value is -1.49. The number of carbonyl (C=O) groups is 1. The van der Waals surface area contributed by atoms with Gasteiger partial charge in [0.05, 0.1) is 6.10 Å². The summed E-state index contributed by atoms with van der Waals surface area (Å²) in [6.45, 7) is 1.99. The van der Waals surface area contributed by atoms with Crippen LogP contribution in [-0.4, -0.2) is 23.7 Å². The normalized spacial score (nSPS) is 12.2. The van der Waals surface area contributed by atoms with Crippen LogP contribution in [-0.2, 0) is 0 Å². The first-order chi connectivity index (χ1) is 8.06. The van der Waals surface area contributed by atoms with Gasteiger partial charge >= 0.3 is 0 Å². The summed E-state index contributed by atoms with van der Waals surface area (Å²) in [4.78, 5) is 11.5. The van der Waals surface area contributed by atoms with Crippen molar-refractivity contribution in [3.05, 3.63) is 35.4 Å². The molecule has 17 heavy (non-hydrogen) atoms. The first-order valence-corrected chi connectivity index (χ1v) is 5.46. The molecule has 3 nitrogen and oxygen atoms in total. The van der Waals surface area contributed by atoms with Crippen molar-refractivity contribution in [1.82, 2.24) is 5.32 Å². The van der Waals surface area contributed by atoms with Crippen molar-refractivity contribution in [2.45, 2.75) is 25.9 Å². The molecule has 0 fully saturated rings. The van der Waals surface area contributed by atoms with Crippen LogP contribution in [0.25, 0.3) is 0 Å². The standard InChI is InChI=1S/C12H15F2NO2/c1-2-8(16)6-7-15-12(17)11-9(13)4-3-5-10(11)14/h3-5,8,16H,2,6-7H2,1H3,(H,15,17). The van der Waals surface area contributed by atoms with Gasteiger partial charge in [-0.3, -0.25) is 4.79 Å². The topological polar surface area (TPSA) is 49.3 Å². The van der Waals surface area contributed by atoms with Crippen LogP contribution in [0.4, 0.5) is 8.78 Å². The molecular formula is C12H15F2NO2. The molecule has 0 saturated carbocycles. The van der Waals surface area contributed by atoms with Gasteiger partial charge < -0.3 is 10.4 Å². The molecule has 0 aromatic heterocycles. The lowest BCUT2D eigenvalue weighted by Crippen LogP contribution is -2.28. The summed E-state index contributed by atoms with van der Waals surface area (Å²) in [5.41, 5.74) is -0.585. The summed E-state index contributed by atoms with van der Waals surface area (Å²) in [6.07, 6.45) is 0.420. The minimum absolute atomic E-state index is 0.182. The highest BCUT2D eigenvalue weighted by atomic mass is 19.1. The maximum atomic E-state index is 13.2. The molecule has 0 saturated heterocycles. The Morgan fingerprint density at radius 2 is 2.00 bits per heavy atom. The van der Waals surface area contributed by atoms with Crippen LogP contribution in [0.1, 0.15) is 30.1 Å². The van der Waals surface area contributed by atoms with Crippen LogP contribution in [0.2, 0.25) is 0 Å². The van der Waals surface area contributed by atoms with Crippen LogP contribution < -0.4 is 5.32 Å². The van der Waals surface area contributed by atoms with Crippen molar-refractivity contribution < 1.29 is 18.7 Å². The Bertz CT molecular complexity index is 376. The maximum Gasteiger partial charge on any atom is 0.257 e. The van der Waals surface area contributed by atoms with E-state index in [-0.39, 0.29) is 6.54 Å². The number of rotatable bonds is 5. The van der Waals surface area contributed by atoms with Crippen molar-refractivity contribution in [3.8, 4) is 0 Å². The fourth-order valence-electron chi connectivity index (χ4n) is 1.36. The Morgan fingerprint density at radius 1 is 1.41 bits per heavy atom. The van der Waals surface area contributed by atoms with Crippen LogP contribution in [0.5, 0.6) is 0 Å². The van der Waals surface area contributed by atoms with Gasteiger partial charge in [0, 0.05) is 6.54 Å². The highest BCUT2D eigenvalue weighted by molar-refractivity contribution is 5.94. The molecule has 1 aromatic rings. The van der Waals surface area contributed by atoms with E-state index in [2.05, 4.69) is 5.32 Å². The number of hydrogen-bond acceptors (Lipinski definition) is 2. The number of nitrogens with one attached hydrogen (secondary N) is 1. The number of aliphatic hydroxyl groups excluding tert-OH is 1. The van der Waals surface area contributed by atoms with Crippen LogP contribution in [0.15, 0.2) is 18.2 Å². The molecule has 0 heterocycles. The van der Waals surface area contributed by atoms with Crippen molar-refractivity contribution >= 4 is 5.91 Å². The average Bonchev–Trinajstić information content (AvgIpc) is 2.28. The zero-order valence-corrected chi connectivity index (χ0v) is 9.54. The molecule has 1 aromatic carbocycles. The first kappa shape index (κ1) is 13.6. The van der Waals surface area contributed by atoms with Crippen molar-refractivity contribution in [2.75, 3.05) is 6.54 Å². The lowest BCUT2D eigenvalue weighted by Gasteiger charge is -2.09. The maximum absolute atomic E-state index is 13.2. The van der Waals surface area contributed by atoms with E-state index < -0.39 is 29.2 Å². The molecule has 0 spiro atoms. The highest BCUT2D eigenvalue weighted by Crippen LogP contribution is 2.11. The molecule has 1 amide bonds.